The second kappa shape index (κ2) is 5.26. The molecule has 2 atom stereocenters. The quantitative estimate of drug-likeness (QED) is 0.860. The lowest BCUT2D eigenvalue weighted by Gasteiger charge is -2.18. The molecule has 0 radical (unpaired) electrons. The molecule has 0 aliphatic rings. The predicted molar refractivity (Wildman–Crippen MR) is 64.0 cm³/mol. The van der Waals surface area contributed by atoms with Gasteiger partial charge < -0.3 is 9.42 Å². The van der Waals surface area contributed by atoms with Crippen molar-refractivity contribution in [2.24, 2.45) is 0 Å². The summed E-state index contributed by atoms with van der Waals surface area (Å²) >= 11 is 3.31. The van der Waals surface area contributed by atoms with E-state index < -0.39 is 13.3 Å². The van der Waals surface area contributed by atoms with E-state index in [0.29, 0.717) is 0 Å². The van der Waals surface area contributed by atoms with Gasteiger partial charge in [-0.05, 0) is 31.5 Å². The number of halogens is 1. The summed E-state index contributed by atoms with van der Waals surface area (Å²) in [5.41, 5.74) is 0.308. The van der Waals surface area contributed by atoms with E-state index in [1.54, 1.807) is 13.8 Å². The van der Waals surface area contributed by atoms with Gasteiger partial charge in [0, 0.05) is 4.47 Å². The van der Waals surface area contributed by atoms with Gasteiger partial charge in [0.25, 0.3) is 0 Å². The maximum Gasteiger partial charge on any atom is 0.335 e. The van der Waals surface area contributed by atoms with Gasteiger partial charge in [0.2, 0.25) is 0 Å². The molecule has 3 nitrogen and oxygen atoms in total. The second-order valence-corrected chi connectivity index (χ2v) is 6.29. The molecule has 0 aliphatic heterocycles. The minimum atomic E-state index is -3.54. The highest BCUT2D eigenvalue weighted by atomic mass is 79.9. The topological polar surface area (TPSA) is 46.5 Å². The Bertz CT molecular complexity index is 363. The van der Waals surface area contributed by atoms with Crippen molar-refractivity contribution in [3.8, 4) is 0 Å². The van der Waals surface area contributed by atoms with Gasteiger partial charge in [0.1, 0.15) is 0 Å². The Morgan fingerprint density at radius 1 is 1.47 bits per heavy atom. The predicted octanol–water partition coefficient (Wildman–Crippen LogP) is 3.73. The molecule has 0 saturated carbocycles. The molecule has 15 heavy (non-hydrogen) atoms. The lowest BCUT2D eigenvalue weighted by atomic mass is 10.2. The summed E-state index contributed by atoms with van der Waals surface area (Å²) in [5.74, 6) is 0. The maximum atomic E-state index is 11.7. The zero-order valence-corrected chi connectivity index (χ0v) is 11.2. The van der Waals surface area contributed by atoms with E-state index in [-0.39, 0.29) is 6.61 Å². The van der Waals surface area contributed by atoms with Crippen molar-refractivity contribution in [2.75, 3.05) is 6.61 Å². The number of benzene rings is 1. The molecule has 0 saturated heterocycles. The molecule has 0 spiro atoms. The Kier molecular flexibility index (Phi) is 4.53. The van der Waals surface area contributed by atoms with E-state index in [1.165, 1.54) is 0 Å². The van der Waals surface area contributed by atoms with Crippen LogP contribution >= 0.6 is 23.5 Å². The molecule has 0 heterocycles. The van der Waals surface area contributed by atoms with Gasteiger partial charge in [0.05, 0.1) is 12.3 Å². The number of hydrogen-bond acceptors (Lipinski definition) is 2. The third kappa shape index (κ3) is 3.42. The maximum absolute atomic E-state index is 11.7. The third-order valence-corrected chi connectivity index (χ3v) is 4.59. The zero-order chi connectivity index (χ0) is 11.5. The fourth-order valence-corrected chi connectivity index (χ4v) is 2.63. The molecule has 0 amide bonds. The first-order chi connectivity index (χ1) is 6.97. The first-order valence-corrected chi connectivity index (χ1v) is 7.14. The first kappa shape index (κ1) is 12.9. The van der Waals surface area contributed by atoms with Crippen LogP contribution in [0.25, 0.3) is 0 Å². The molecular formula is C10H14BrO3P. The largest absolute Gasteiger partial charge is 0.335 e. The molecular weight excluding hydrogens is 279 g/mol. The molecule has 1 rings (SSSR count). The molecule has 2 unspecified atom stereocenters. The van der Waals surface area contributed by atoms with Crippen molar-refractivity contribution >= 4 is 23.5 Å². The second-order valence-electron chi connectivity index (χ2n) is 3.21. The highest BCUT2D eigenvalue weighted by molar-refractivity contribution is 9.10. The van der Waals surface area contributed by atoms with Gasteiger partial charge in [-0.3, -0.25) is 4.57 Å². The minimum Gasteiger partial charge on any atom is -0.324 e. The highest BCUT2D eigenvalue weighted by Gasteiger charge is 2.29. The SMILES string of the molecule is CCOP(=O)(O)C(C)c1ccc(Br)cc1. The highest BCUT2D eigenvalue weighted by Crippen LogP contribution is 2.56. The van der Waals surface area contributed by atoms with E-state index in [2.05, 4.69) is 15.9 Å². The lowest BCUT2D eigenvalue weighted by Crippen LogP contribution is -1.99. The summed E-state index contributed by atoms with van der Waals surface area (Å²) in [4.78, 5) is 9.63. The normalized spacial score (nSPS) is 17.1. The summed E-state index contributed by atoms with van der Waals surface area (Å²) in [6.07, 6.45) is 0. The van der Waals surface area contributed by atoms with Crippen LogP contribution < -0.4 is 0 Å². The standard InChI is InChI=1S/C10H14BrO3P/c1-3-14-15(12,13)8(2)9-4-6-10(11)7-5-9/h4-8H,3H2,1-2H3,(H,12,13). The summed E-state index contributed by atoms with van der Waals surface area (Å²) in [6.45, 7) is 3.64. The van der Waals surface area contributed by atoms with Gasteiger partial charge in [-0.1, -0.05) is 28.1 Å². The first-order valence-electron chi connectivity index (χ1n) is 4.70. The zero-order valence-electron chi connectivity index (χ0n) is 8.68. The van der Waals surface area contributed by atoms with Crippen LogP contribution in [0.15, 0.2) is 28.7 Å². The van der Waals surface area contributed by atoms with Crippen molar-refractivity contribution in [2.45, 2.75) is 19.5 Å². The van der Waals surface area contributed by atoms with Crippen LogP contribution in [0.3, 0.4) is 0 Å². The van der Waals surface area contributed by atoms with Gasteiger partial charge in [-0.25, -0.2) is 0 Å². The van der Waals surface area contributed by atoms with E-state index in [1.807, 2.05) is 24.3 Å². The Labute approximate surface area is 98.1 Å². The van der Waals surface area contributed by atoms with Gasteiger partial charge in [-0.2, -0.15) is 0 Å². The molecule has 84 valence electrons. The minimum absolute atomic E-state index is 0.245. The molecule has 0 aromatic heterocycles. The van der Waals surface area contributed by atoms with Crippen molar-refractivity contribution in [1.82, 2.24) is 0 Å². The van der Waals surface area contributed by atoms with Crippen LogP contribution in [-0.4, -0.2) is 11.5 Å². The van der Waals surface area contributed by atoms with Crippen molar-refractivity contribution in [3.05, 3.63) is 34.3 Å². The number of hydrogen-bond donors (Lipinski definition) is 1. The molecule has 0 fully saturated rings. The molecule has 5 heteroatoms. The van der Waals surface area contributed by atoms with Crippen LogP contribution in [0.4, 0.5) is 0 Å². The fourth-order valence-electron chi connectivity index (χ4n) is 1.23. The summed E-state index contributed by atoms with van der Waals surface area (Å²) < 4.78 is 17.5. The van der Waals surface area contributed by atoms with Gasteiger partial charge in [0.15, 0.2) is 0 Å². The van der Waals surface area contributed by atoms with Crippen LogP contribution in [0, 0.1) is 0 Å². The van der Waals surface area contributed by atoms with Crippen LogP contribution in [-0.2, 0) is 9.09 Å². The Hall–Kier alpha value is -0.150. The van der Waals surface area contributed by atoms with Crippen LogP contribution in [0.5, 0.6) is 0 Å². The van der Waals surface area contributed by atoms with E-state index in [9.17, 15) is 9.46 Å². The average Bonchev–Trinajstić information content (AvgIpc) is 2.18. The van der Waals surface area contributed by atoms with Crippen molar-refractivity contribution in [3.63, 3.8) is 0 Å². The third-order valence-electron chi connectivity index (χ3n) is 2.16. The van der Waals surface area contributed by atoms with Crippen molar-refractivity contribution in [1.29, 1.82) is 0 Å². The summed E-state index contributed by atoms with van der Waals surface area (Å²) in [5, 5.41) is 0. The fraction of sp³-hybridized carbons (Fsp3) is 0.400. The Morgan fingerprint density at radius 3 is 2.47 bits per heavy atom. The average molecular weight is 293 g/mol. The lowest BCUT2D eigenvalue weighted by molar-refractivity contribution is 0.266. The van der Waals surface area contributed by atoms with Gasteiger partial charge >= 0.3 is 7.60 Å². The molecule has 0 aliphatic carbocycles. The Balaban J connectivity index is 2.89. The molecule has 1 N–H and O–H groups in total. The van der Waals surface area contributed by atoms with E-state index >= 15 is 0 Å². The monoisotopic (exact) mass is 292 g/mol. The van der Waals surface area contributed by atoms with E-state index in [0.717, 1.165) is 10.0 Å². The summed E-state index contributed by atoms with van der Waals surface area (Å²) in [6, 6.07) is 7.32. The van der Waals surface area contributed by atoms with Crippen molar-refractivity contribution < 1.29 is 14.0 Å². The van der Waals surface area contributed by atoms with E-state index in [4.69, 9.17) is 4.52 Å². The molecule has 1 aromatic rings. The summed E-state index contributed by atoms with van der Waals surface area (Å²) in [7, 11) is -3.54. The van der Waals surface area contributed by atoms with Gasteiger partial charge in [-0.15, -0.1) is 0 Å². The number of rotatable bonds is 4. The van der Waals surface area contributed by atoms with Crippen LogP contribution in [0.1, 0.15) is 25.1 Å². The molecule has 1 aromatic carbocycles. The Morgan fingerprint density at radius 2 is 2.00 bits per heavy atom. The molecule has 0 bridgehead atoms. The smallest absolute Gasteiger partial charge is 0.324 e. The van der Waals surface area contributed by atoms with Crippen LogP contribution in [0.2, 0.25) is 0 Å².